The standard InChI is InChI=1S/C21H23ClN2O3/c1-27-20(25)16-8-12-18(13-9-16)23-21(26)24-14-4-2-3-5-19(24)15-6-10-17(22)11-7-15/h6-13,19H,2-5,14H2,1H3,(H,23,26)/t19-/m1/s1. The van der Waals surface area contributed by atoms with Crippen LogP contribution < -0.4 is 5.32 Å². The zero-order chi connectivity index (χ0) is 19.2. The predicted octanol–water partition coefficient (Wildman–Crippen LogP) is 5.28. The molecule has 1 heterocycles. The first-order valence-corrected chi connectivity index (χ1v) is 9.48. The summed E-state index contributed by atoms with van der Waals surface area (Å²) in [5.74, 6) is -0.400. The molecule has 2 amide bonds. The molecule has 27 heavy (non-hydrogen) atoms. The number of halogens is 1. The van der Waals surface area contributed by atoms with Crippen molar-refractivity contribution in [2.45, 2.75) is 31.7 Å². The average Bonchev–Trinajstić information content (AvgIpc) is 2.95. The van der Waals surface area contributed by atoms with Crippen LogP contribution in [0.4, 0.5) is 10.5 Å². The molecule has 1 atom stereocenters. The first-order valence-electron chi connectivity index (χ1n) is 9.10. The van der Waals surface area contributed by atoms with Crippen molar-refractivity contribution in [1.29, 1.82) is 0 Å². The molecule has 1 saturated heterocycles. The van der Waals surface area contributed by atoms with E-state index in [0.29, 0.717) is 22.8 Å². The highest BCUT2D eigenvalue weighted by Crippen LogP contribution is 2.31. The van der Waals surface area contributed by atoms with Crippen molar-refractivity contribution in [3.8, 4) is 0 Å². The molecule has 142 valence electrons. The van der Waals surface area contributed by atoms with Crippen LogP contribution in [0.1, 0.15) is 47.6 Å². The highest BCUT2D eigenvalue weighted by molar-refractivity contribution is 6.30. The van der Waals surface area contributed by atoms with Gasteiger partial charge in [0.15, 0.2) is 0 Å². The Balaban J connectivity index is 1.75. The minimum atomic E-state index is -0.400. The van der Waals surface area contributed by atoms with Crippen LogP contribution in [0.3, 0.4) is 0 Å². The van der Waals surface area contributed by atoms with Crippen LogP contribution in [-0.2, 0) is 4.74 Å². The monoisotopic (exact) mass is 386 g/mol. The average molecular weight is 387 g/mol. The van der Waals surface area contributed by atoms with E-state index in [0.717, 1.165) is 31.2 Å². The van der Waals surface area contributed by atoms with E-state index in [4.69, 9.17) is 16.3 Å². The number of likely N-dealkylation sites (tertiary alicyclic amines) is 1. The van der Waals surface area contributed by atoms with Gasteiger partial charge in [-0.1, -0.05) is 36.6 Å². The lowest BCUT2D eigenvalue weighted by Crippen LogP contribution is -2.38. The van der Waals surface area contributed by atoms with Crippen LogP contribution >= 0.6 is 11.6 Å². The summed E-state index contributed by atoms with van der Waals surface area (Å²) in [7, 11) is 1.34. The molecule has 0 aliphatic carbocycles. The topological polar surface area (TPSA) is 58.6 Å². The number of methoxy groups -OCH3 is 1. The number of hydrogen-bond acceptors (Lipinski definition) is 3. The lowest BCUT2D eigenvalue weighted by atomic mass is 10.0. The summed E-state index contributed by atoms with van der Waals surface area (Å²) in [6.07, 6.45) is 4.11. The maximum atomic E-state index is 12.9. The minimum Gasteiger partial charge on any atom is -0.465 e. The third kappa shape index (κ3) is 4.80. The fourth-order valence-electron chi connectivity index (χ4n) is 3.39. The summed E-state index contributed by atoms with van der Waals surface area (Å²) in [4.78, 5) is 26.4. The van der Waals surface area contributed by atoms with Gasteiger partial charge in [0, 0.05) is 17.3 Å². The third-order valence-electron chi connectivity index (χ3n) is 4.83. The van der Waals surface area contributed by atoms with Crippen molar-refractivity contribution < 1.29 is 14.3 Å². The van der Waals surface area contributed by atoms with Crippen molar-refractivity contribution in [3.05, 3.63) is 64.7 Å². The summed E-state index contributed by atoms with van der Waals surface area (Å²) in [6, 6.07) is 14.3. The first-order chi connectivity index (χ1) is 13.1. The molecule has 1 aliphatic rings. The molecule has 0 saturated carbocycles. The molecular formula is C21H23ClN2O3. The van der Waals surface area contributed by atoms with Crippen LogP contribution in [-0.4, -0.2) is 30.6 Å². The van der Waals surface area contributed by atoms with E-state index in [9.17, 15) is 9.59 Å². The summed E-state index contributed by atoms with van der Waals surface area (Å²) < 4.78 is 4.69. The number of hydrogen-bond donors (Lipinski definition) is 1. The molecule has 1 fully saturated rings. The van der Waals surface area contributed by atoms with Gasteiger partial charge in [0.2, 0.25) is 0 Å². The molecule has 2 aromatic carbocycles. The highest BCUT2D eigenvalue weighted by atomic mass is 35.5. The maximum absolute atomic E-state index is 12.9. The zero-order valence-corrected chi connectivity index (χ0v) is 16.0. The Labute approximate surface area is 164 Å². The van der Waals surface area contributed by atoms with Gasteiger partial charge in [-0.25, -0.2) is 9.59 Å². The molecule has 0 spiro atoms. The summed E-state index contributed by atoms with van der Waals surface area (Å²) in [6.45, 7) is 0.708. The Hall–Kier alpha value is -2.53. The van der Waals surface area contributed by atoms with Gasteiger partial charge in [-0.05, 0) is 54.8 Å². The number of ether oxygens (including phenoxy) is 1. The molecule has 0 aromatic heterocycles. The minimum absolute atomic E-state index is 0.0270. The zero-order valence-electron chi connectivity index (χ0n) is 15.3. The number of amides is 2. The van der Waals surface area contributed by atoms with Gasteiger partial charge < -0.3 is 15.0 Å². The molecule has 0 unspecified atom stereocenters. The van der Waals surface area contributed by atoms with E-state index in [1.165, 1.54) is 7.11 Å². The Bertz CT molecular complexity index is 790. The summed E-state index contributed by atoms with van der Waals surface area (Å²) in [5.41, 5.74) is 2.19. The Morgan fingerprint density at radius 2 is 1.74 bits per heavy atom. The molecule has 0 bridgehead atoms. The van der Waals surface area contributed by atoms with Gasteiger partial charge in [-0.15, -0.1) is 0 Å². The van der Waals surface area contributed by atoms with Crippen molar-refractivity contribution in [2.24, 2.45) is 0 Å². The van der Waals surface area contributed by atoms with E-state index in [2.05, 4.69) is 5.32 Å². The smallest absolute Gasteiger partial charge is 0.337 e. The van der Waals surface area contributed by atoms with Crippen LogP contribution in [0.15, 0.2) is 48.5 Å². The van der Waals surface area contributed by atoms with Gasteiger partial charge >= 0.3 is 12.0 Å². The van der Waals surface area contributed by atoms with E-state index in [1.54, 1.807) is 24.3 Å². The maximum Gasteiger partial charge on any atom is 0.337 e. The second-order valence-electron chi connectivity index (χ2n) is 6.61. The molecule has 1 aliphatic heterocycles. The number of urea groups is 1. The van der Waals surface area contributed by atoms with Gasteiger partial charge in [0.1, 0.15) is 0 Å². The Morgan fingerprint density at radius 3 is 2.41 bits per heavy atom. The van der Waals surface area contributed by atoms with Crippen LogP contribution in [0.5, 0.6) is 0 Å². The molecule has 1 N–H and O–H groups in total. The van der Waals surface area contributed by atoms with E-state index >= 15 is 0 Å². The van der Waals surface area contributed by atoms with Crippen LogP contribution in [0, 0.1) is 0 Å². The lowest BCUT2D eigenvalue weighted by molar-refractivity contribution is 0.0600. The molecular weight excluding hydrogens is 364 g/mol. The molecule has 2 aromatic rings. The fourth-order valence-corrected chi connectivity index (χ4v) is 3.51. The van der Waals surface area contributed by atoms with Crippen LogP contribution in [0.25, 0.3) is 0 Å². The third-order valence-corrected chi connectivity index (χ3v) is 5.08. The fraction of sp³-hybridized carbons (Fsp3) is 0.333. The van der Waals surface area contributed by atoms with Gasteiger partial charge in [0.25, 0.3) is 0 Å². The van der Waals surface area contributed by atoms with Crippen molar-refractivity contribution in [1.82, 2.24) is 4.90 Å². The predicted molar refractivity (Wildman–Crippen MR) is 106 cm³/mol. The number of anilines is 1. The number of carbonyl (C=O) groups is 2. The number of rotatable bonds is 3. The largest absolute Gasteiger partial charge is 0.465 e. The number of benzene rings is 2. The van der Waals surface area contributed by atoms with Gasteiger partial charge in [0.05, 0.1) is 18.7 Å². The number of esters is 1. The van der Waals surface area contributed by atoms with E-state index < -0.39 is 5.97 Å². The number of nitrogens with one attached hydrogen (secondary N) is 1. The highest BCUT2D eigenvalue weighted by Gasteiger charge is 2.26. The molecule has 3 rings (SSSR count). The van der Waals surface area contributed by atoms with Crippen LogP contribution in [0.2, 0.25) is 5.02 Å². The van der Waals surface area contributed by atoms with Crippen molar-refractivity contribution >= 4 is 29.3 Å². The van der Waals surface area contributed by atoms with Crippen molar-refractivity contribution in [2.75, 3.05) is 19.0 Å². The Kier molecular flexibility index (Phi) is 6.35. The number of nitrogens with zero attached hydrogens (tertiary/aromatic N) is 1. The SMILES string of the molecule is COC(=O)c1ccc(NC(=O)N2CCCCC[C@@H]2c2ccc(Cl)cc2)cc1. The quantitative estimate of drug-likeness (QED) is 0.730. The van der Waals surface area contributed by atoms with E-state index in [1.807, 2.05) is 29.2 Å². The Morgan fingerprint density at radius 1 is 1.04 bits per heavy atom. The number of carbonyl (C=O) groups excluding carboxylic acids is 2. The first kappa shape index (κ1) is 19.2. The second-order valence-corrected chi connectivity index (χ2v) is 7.05. The normalized spacial score (nSPS) is 17.1. The summed E-state index contributed by atoms with van der Waals surface area (Å²) >= 11 is 6.01. The van der Waals surface area contributed by atoms with Gasteiger partial charge in [-0.2, -0.15) is 0 Å². The summed E-state index contributed by atoms with van der Waals surface area (Å²) in [5, 5.41) is 3.63. The van der Waals surface area contributed by atoms with Gasteiger partial charge in [-0.3, -0.25) is 0 Å². The second kappa shape index (κ2) is 8.91. The molecule has 6 heteroatoms. The van der Waals surface area contributed by atoms with E-state index in [-0.39, 0.29) is 12.1 Å². The van der Waals surface area contributed by atoms with Crippen molar-refractivity contribution in [3.63, 3.8) is 0 Å². The lowest BCUT2D eigenvalue weighted by Gasteiger charge is -2.30. The molecule has 5 nitrogen and oxygen atoms in total. The molecule has 0 radical (unpaired) electrons.